The molecule has 0 aliphatic carbocycles. The summed E-state index contributed by atoms with van der Waals surface area (Å²) in [5, 5.41) is 11.4. The topological polar surface area (TPSA) is 55.6 Å². The molecule has 0 radical (unpaired) electrons. The van der Waals surface area contributed by atoms with Gasteiger partial charge in [-0.2, -0.15) is 0 Å². The molecule has 2 aromatic heterocycles. The Bertz CT molecular complexity index is 461. The number of aryl methyl sites for hydroxylation is 2. The monoisotopic (exact) mass is 237 g/mol. The Balaban J connectivity index is 1.97. The minimum atomic E-state index is 0.189. The smallest absolute Gasteiger partial charge is 0.149 e. The lowest BCUT2D eigenvalue weighted by Crippen LogP contribution is -2.20. The fraction of sp³-hybridized carbons (Fsp3) is 0.500. The van der Waals surface area contributed by atoms with Gasteiger partial charge in [0.15, 0.2) is 0 Å². The summed E-state index contributed by atoms with van der Waals surface area (Å²) < 4.78 is 1.93. The first-order valence-corrected chi connectivity index (χ1v) is 6.02. The third-order valence-electron chi connectivity index (χ3n) is 2.55. The van der Waals surface area contributed by atoms with Crippen molar-refractivity contribution >= 4 is 11.3 Å². The predicted molar refractivity (Wildman–Crippen MR) is 63.1 cm³/mol. The van der Waals surface area contributed by atoms with Gasteiger partial charge >= 0.3 is 0 Å². The quantitative estimate of drug-likeness (QED) is 0.874. The molecule has 0 aromatic carbocycles. The van der Waals surface area contributed by atoms with Gasteiger partial charge < -0.3 is 9.88 Å². The number of aromatic nitrogens is 4. The lowest BCUT2D eigenvalue weighted by atomic mass is 10.3. The first-order valence-electron chi connectivity index (χ1n) is 5.14. The molecular formula is C10H15N5S. The standard InChI is InChI=1S/C10H15N5S/c1-7-9(16-6-12-7)4-11-8(2)10-14-13-5-15(10)3/h5-6,8,11H,4H2,1-3H3. The Kier molecular flexibility index (Phi) is 3.31. The van der Waals surface area contributed by atoms with E-state index >= 15 is 0 Å². The third kappa shape index (κ3) is 2.28. The van der Waals surface area contributed by atoms with E-state index in [2.05, 4.69) is 27.4 Å². The Labute approximate surface area is 98.5 Å². The van der Waals surface area contributed by atoms with E-state index in [-0.39, 0.29) is 6.04 Å². The fourth-order valence-electron chi connectivity index (χ4n) is 1.52. The van der Waals surface area contributed by atoms with Crippen LogP contribution in [0, 0.1) is 6.92 Å². The van der Waals surface area contributed by atoms with Crippen LogP contribution in [-0.2, 0) is 13.6 Å². The first-order chi connectivity index (χ1) is 7.68. The molecule has 16 heavy (non-hydrogen) atoms. The van der Waals surface area contributed by atoms with E-state index in [1.165, 1.54) is 4.88 Å². The largest absolute Gasteiger partial charge is 0.319 e. The zero-order valence-electron chi connectivity index (χ0n) is 9.64. The van der Waals surface area contributed by atoms with E-state index in [1.807, 2.05) is 24.0 Å². The third-order valence-corrected chi connectivity index (χ3v) is 3.48. The van der Waals surface area contributed by atoms with Gasteiger partial charge in [0.25, 0.3) is 0 Å². The molecule has 1 N–H and O–H groups in total. The number of nitrogens with one attached hydrogen (secondary N) is 1. The summed E-state index contributed by atoms with van der Waals surface area (Å²) in [6.07, 6.45) is 1.71. The zero-order chi connectivity index (χ0) is 11.5. The molecule has 2 aromatic rings. The van der Waals surface area contributed by atoms with Gasteiger partial charge in [-0.1, -0.05) is 0 Å². The van der Waals surface area contributed by atoms with E-state index in [9.17, 15) is 0 Å². The van der Waals surface area contributed by atoms with Crippen LogP contribution in [0.15, 0.2) is 11.8 Å². The predicted octanol–water partition coefficient (Wildman–Crippen LogP) is 1.43. The van der Waals surface area contributed by atoms with Gasteiger partial charge in [-0.3, -0.25) is 0 Å². The Morgan fingerprint density at radius 1 is 1.56 bits per heavy atom. The lowest BCUT2D eigenvalue weighted by Gasteiger charge is -2.12. The highest BCUT2D eigenvalue weighted by Crippen LogP contribution is 2.14. The highest BCUT2D eigenvalue weighted by molar-refractivity contribution is 7.09. The van der Waals surface area contributed by atoms with E-state index in [1.54, 1.807) is 17.7 Å². The minimum Gasteiger partial charge on any atom is -0.319 e. The summed E-state index contributed by atoms with van der Waals surface area (Å²) in [4.78, 5) is 5.49. The molecule has 0 bridgehead atoms. The van der Waals surface area contributed by atoms with Gasteiger partial charge in [0.2, 0.25) is 0 Å². The van der Waals surface area contributed by atoms with Crippen molar-refractivity contribution in [1.29, 1.82) is 0 Å². The number of nitrogens with zero attached hydrogens (tertiary/aromatic N) is 4. The van der Waals surface area contributed by atoms with Gasteiger partial charge in [0, 0.05) is 18.5 Å². The van der Waals surface area contributed by atoms with E-state index in [0.29, 0.717) is 0 Å². The fourth-order valence-corrected chi connectivity index (χ4v) is 2.25. The average molecular weight is 237 g/mol. The molecule has 0 spiro atoms. The number of hydrogen-bond acceptors (Lipinski definition) is 5. The first kappa shape index (κ1) is 11.2. The maximum absolute atomic E-state index is 4.22. The summed E-state index contributed by atoms with van der Waals surface area (Å²) in [6, 6.07) is 0.189. The highest BCUT2D eigenvalue weighted by atomic mass is 32.1. The summed E-state index contributed by atoms with van der Waals surface area (Å²) in [5.74, 6) is 0.946. The second-order valence-corrected chi connectivity index (χ2v) is 4.70. The normalized spacial score (nSPS) is 12.9. The van der Waals surface area contributed by atoms with Crippen molar-refractivity contribution in [3.63, 3.8) is 0 Å². The van der Waals surface area contributed by atoms with Gasteiger partial charge in [-0.05, 0) is 13.8 Å². The molecule has 0 aliphatic rings. The van der Waals surface area contributed by atoms with Gasteiger partial charge in [0.05, 0.1) is 17.2 Å². The number of rotatable bonds is 4. The molecule has 6 heteroatoms. The zero-order valence-corrected chi connectivity index (χ0v) is 10.5. The summed E-state index contributed by atoms with van der Waals surface area (Å²) in [7, 11) is 1.95. The maximum Gasteiger partial charge on any atom is 0.149 e. The van der Waals surface area contributed by atoms with Crippen molar-refractivity contribution in [3.8, 4) is 0 Å². The summed E-state index contributed by atoms with van der Waals surface area (Å²) >= 11 is 1.68. The molecule has 0 saturated carbocycles. The van der Waals surface area contributed by atoms with Crippen LogP contribution in [-0.4, -0.2) is 19.7 Å². The Hall–Kier alpha value is -1.27. The molecule has 0 saturated heterocycles. The van der Waals surface area contributed by atoms with Crippen LogP contribution in [0.2, 0.25) is 0 Å². The molecule has 2 heterocycles. The molecule has 86 valence electrons. The molecule has 0 aliphatic heterocycles. The highest BCUT2D eigenvalue weighted by Gasteiger charge is 2.11. The van der Waals surface area contributed by atoms with Crippen LogP contribution in [0.25, 0.3) is 0 Å². The van der Waals surface area contributed by atoms with Crippen molar-refractivity contribution in [3.05, 3.63) is 28.2 Å². The Morgan fingerprint density at radius 3 is 2.94 bits per heavy atom. The van der Waals surface area contributed by atoms with Gasteiger partial charge in [0.1, 0.15) is 12.2 Å². The van der Waals surface area contributed by atoms with Crippen molar-refractivity contribution < 1.29 is 0 Å². The van der Waals surface area contributed by atoms with Crippen molar-refractivity contribution in [2.24, 2.45) is 7.05 Å². The molecule has 5 nitrogen and oxygen atoms in total. The van der Waals surface area contributed by atoms with Crippen molar-refractivity contribution in [2.75, 3.05) is 0 Å². The van der Waals surface area contributed by atoms with Gasteiger partial charge in [-0.15, -0.1) is 21.5 Å². The number of hydrogen-bond donors (Lipinski definition) is 1. The summed E-state index contributed by atoms with van der Waals surface area (Å²) in [5.41, 5.74) is 2.97. The van der Waals surface area contributed by atoms with Crippen LogP contribution < -0.4 is 5.32 Å². The van der Waals surface area contributed by atoms with E-state index in [4.69, 9.17) is 0 Å². The van der Waals surface area contributed by atoms with Crippen LogP contribution in [0.5, 0.6) is 0 Å². The van der Waals surface area contributed by atoms with Crippen LogP contribution in [0.3, 0.4) is 0 Å². The summed E-state index contributed by atoms with van der Waals surface area (Å²) in [6.45, 7) is 4.94. The molecule has 2 rings (SSSR count). The second kappa shape index (κ2) is 4.71. The van der Waals surface area contributed by atoms with Crippen molar-refractivity contribution in [1.82, 2.24) is 25.1 Å². The maximum atomic E-state index is 4.22. The SMILES string of the molecule is Cc1ncsc1CNC(C)c1nncn1C. The van der Waals surface area contributed by atoms with Gasteiger partial charge in [-0.25, -0.2) is 4.98 Å². The molecule has 0 amide bonds. The average Bonchev–Trinajstić information content (AvgIpc) is 2.84. The van der Waals surface area contributed by atoms with Crippen LogP contribution in [0.1, 0.15) is 29.4 Å². The molecule has 1 unspecified atom stereocenters. The number of thiazole rings is 1. The van der Waals surface area contributed by atoms with Crippen LogP contribution in [0.4, 0.5) is 0 Å². The van der Waals surface area contributed by atoms with Crippen molar-refractivity contribution in [2.45, 2.75) is 26.4 Å². The Morgan fingerprint density at radius 2 is 2.38 bits per heavy atom. The second-order valence-electron chi connectivity index (χ2n) is 3.76. The molecule has 1 atom stereocenters. The van der Waals surface area contributed by atoms with E-state index < -0.39 is 0 Å². The molecule has 0 fully saturated rings. The lowest BCUT2D eigenvalue weighted by molar-refractivity contribution is 0.530. The van der Waals surface area contributed by atoms with E-state index in [0.717, 1.165) is 18.1 Å². The molecular weight excluding hydrogens is 222 g/mol. The van der Waals surface area contributed by atoms with Crippen LogP contribution >= 0.6 is 11.3 Å². The minimum absolute atomic E-state index is 0.189.